The van der Waals surface area contributed by atoms with Gasteiger partial charge in [-0.25, -0.2) is 18.2 Å². The van der Waals surface area contributed by atoms with E-state index in [1.807, 2.05) is 0 Å². The van der Waals surface area contributed by atoms with E-state index >= 15 is 0 Å². The largest absolute Gasteiger partial charge is 0.468 e. The molecule has 0 aliphatic carbocycles. The molecule has 0 aliphatic heterocycles. The molecule has 1 N–H and O–H groups in total. The molecule has 3 rings (SSSR count). The lowest BCUT2D eigenvalue weighted by atomic mass is 10.1. The van der Waals surface area contributed by atoms with E-state index in [1.54, 1.807) is 0 Å². The lowest BCUT2D eigenvalue weighted by Crippen LogP contribution is -2.16. The van der Waals surface area contributed by atoms with E-state index in [2.05, 4.69) is 18.9 Å². The maximum atomic E-state index is 12.8. The number of para-hydroxylation sites is 1. The highest BCUT2D eigenvalue weighted by atomic mass is 32.2. The minimum atomic E-state index is -4.82. The SMILES string of the molecule is COC(=O)c1cccc(S(=O)(=O)Nc2cccc3oc(C(F)(F)F)nc23)c1C. The molecular formula is C17H13F3N2O5S. The highest BCUT2D eigenvalue weighted by Crippen LogP contribution is 2.34. The van der Waals surface area contributed by atoms with Crippen molar-refractivity contribution >= 4 is 32.8 Å². The summed E-state index contributed by atoms with van der Waals surface area (Å²) in [5.41, 5.74) is -0.540. The second-order valence-corrected chi connectivity index (χ2v) is 7.35. The topological polar surface area (TPSA) is 98.5 Å². The molecule has 0 atom stereocenters. The van der Waals surface area contributed by atoms with Gasteiger partial charge in [-0.05, 0) is 36.8 Å². The van der Waals surface area contributed by atoms with E-state index in [9.17, 15) is 26.4 Å². The molecule has 2 aromatic carbocycles. The van der Waals surface area contributed by atoms with Crippen LogP contribution in [0.5, 0.6) is 0 Å². The summed E-state index contributed by atoms with van der Waals surface area (Å²) in [5, 5.41) is 0. The van der Waals surface area contributed by atoms with Gasteiger partial charge in [-0.2, -0.15) is 13.2 Å². The molecule has 0 bridgehead atoms. The Morgan fingerprint density at radius 2 is 1.86 bits per heavy atom. The zero-order valence-electron chi connectivity index (χ0n) is 14.5. The Kier molecular flexibility index (Phi) is 4.79. The number of nitrogens with one attached hydrogen (secondary N) is 1. The first kappa shape index (κ1) is 19.7. The summed E-state index contributed by atoms with van der Waals surface area (Å²) < 4.78 is 75.5. The van der Waals surface area contributed by atoms with Crippen molar-refractivity contribution in [3.8, 4) is 0 Å². The lowest BCUT2D eigenvalue weighted by molar-refractivity contribution is -0.156. The van der Waals surface area contributed by atoms with Crippen molar-refractivity contribution in [2.45, 2.75) is 18.0 Å². The number of methoxy groups -OCH3 is 1. The Hall–Kier alpha value is -3.08. The van der Waals surface area contributed by atoms with Crippen molar-refractivity contribution in [1.82, 2.24) is 4.98 Å². The Morgan fingerprint density at radius 3 is 2.50 bits per heavy atom. The number of halogens is 3. The van der Waals surface area contributed by atoms with Gasteiger partial charge in [-0.3, -0.25) is 4.72 Å². The molecule has 0 spiro atoms. The molecular weight excluding hydrogens is 401 g/mol. The van der Waals surface area contributed by atoms with Crippen LogP contribution < -0.4 is 4.72 Å². The number of benzene rings is 2. The summed E-state index contributed by atoms with van der Waals surface area (Å²) >= 11 is 0. The van der Waals surface area contributed by atoms with Gasteiger partial charge in [-0.15, -0.1) is 0 Å². The number of hydrogen-bond acceptors (Lipinski definition) is 6. The summed E-state index contributed by atoms with van der Waals surface area (Å²) in [6.45, 7) is 1.42. The average Bonchev–Trinajstić information content (AvgIpc) is 3.06. The fourth-order valence-corrected chi connectivity index (χ4v) is 3.92. The molecule has 148 valence electrons. The summed E-state index contributed by atoms with van der Waals surface area (Å²) in [7, 11) is -3.09. The predicted octanol–water partition coefficient (Wildman–Crippen LogP) is 3.74. The highest BCUT2D eigenvalue weighted by molar-refractivity contribution is 7.92. The third-order valence-electron chi connectivity index (χ3n) is 3.88. The molecule has 7 nitrogen and oxygen atoms in total. The van der Waals surface area contributed by atoms with Gasteiger partial charge in [0, 0.05) is 0 Å². The first-order valence-corrected chi connectivity index (χ1v) is 9.20. The number of ether oxygens (including phenoxy) is 1. The van der Waals surface area contributed by atoms with Crippen LogP contribution in [0.15, 0.2) is 45.7 Å². The van der Waals surface area contributed by atoms with Crippen LogP contribution in [0.3, 0.4) is 0 Å². The number of rotatable bonds is 4. The minimum Gasteiger partial charge on any atom is -0.465 e. The molecule has 11 heteroatoms. The fourth-order valence-electron chi connectivity index (χ4n) is 2.59. The van der Waals surface area contributed by atoms with Crippen molar-refractivity contribution in [2.24, 2.45) is 0 Å². The molecule has 0 saturated heterocycles. The van der Waals surface area contributed by atoms with Crippen LogP contribution in [0.2, 0.25) is 0 Å². The molecule has 0 fully saturated rings. The van der Waals surface area contributed by atoms with Crippen LogP contribution in [-0.4, -0.2) is 26.5 Å². The third-order valence-corrected chi connectivity index (χ3v) is 5.39. The number of esters is 1. The zero-order valence-corrected chi connectivity index (χ0v) is 15.3. The summed E-state index contributed by atoms with van der Waals surface area (Å²) in [6.07, 6.45) is -4.82. The average molecular weight is 414 g/mol. The van der Waals surface area contributed by atoms with Gasteiger partial charge in [0.1, 0.15) is 5.52 Å². The van der Waals surface area contributed by atoms with E-state index in [0.29, 0.717) is 0 Å². The number of hydrogen-bond donors (Lipinski definition) is 1. The number of carbonyl (C=O) groups excluding carboxylic acids is 1. The van der Waals surface area contributed by atoms with Crippen LogP contribution in [0, 0.1) is 6.92 Å². The van der Waals surface area contributed by atoms with Crippen LogP contribution in [-0.2, 0) is 20.9 Å². The number of sulfonamides is 1. The Bertz CT molecular complexity index is 1170. The standard InChI is InChI=1S/C17H13F3N2O5S/c1-9-10(15(23)26-2)5-3-8-13(9)28(24,25)22-11-6-4-7-12-14(11)21-16(27-12)17(18,19)20/h3-8,22H,1-2H3. The third kappa shape index (κ3) is 3.52. The fraction of sp³-hybridized carbons (Fsp3) is 0.176. The number of aromatic nitrogens is 1. The second kappa shape index (κ2) is 6.82. The van der Waals surface area contributed by atoms with Crippen LogP contribution in [0.25, 0.3) is 11.1 Å². The predicted molar refractivity (Wildman–Crippen MR) is 92.3 cm³/mol. The maximum absolute atomic E-state index is 12.8. The number of oxazole rings is 1. The zero-order chi connectivity index (χ0) is 20.7. The van der Waals surface area contributed by atoms with Crippen molar-refractivity contribution < 1.29 is 35.5 Å². The van der Waals surface area contributed by atoms with E-state index < -0.39 is 28.1 Å². The monoisotopic (exact) mass is 414 g/mol. The van der Waals surface area contributed by atoms with Crippen LogP contribution >= 0.6 is 0 Å². The first-order valence-electron chi connectivity index (χ1n) is 7.72. The molecule has 28 heavy (non-hydrogen) atoms. The van der Waals surface area contributed by atoms with Crippen LogP contribution in [0.1, 0.15) is 21.8 Å². The quantitative estimate of drug-likeness (QED) is 0.653. The summed E-state index contributed by atoms with van der Waals surface area (Å²) in [4.78, 5) is 14.9. The minimum absolute atomic E-state index is 0.0457. The summed E-state index contributed by atoms with van der Waals surface area (Å²) in [6, 6.07) is 7.82. The molecule has 0 aliphatic rings. The van der Waals surface area contributed by atoms with Gasteiger partial charge in [-0.1, -0.05) is 12.1 Å². The number of fused-ring (bicyclic) bond motifs is 1. The molecule has 0 amide bonds. The number of carbonyl (C=O) groups is 1. The van der Waals surface area contributed by atoms with Crippen molar-refractivity contribution in [1.29, 1.82) is 0 Å². The van der Waals surface area contributed by atoms with Gasteiger partial charge < -0.3 is 9.15 Å². The number of alkyl halides is 3. The van der Waals surface area contributed by atoms with Gasteiger partial charge >= 0.3 is 18.0 Å². The Balaban J connectivity index is 2.07. The second-order valence-electron chi connectivity index (χ2n) is 5.69. The van der Waals surface area contributed by atoms with E-state index in [-0.39, 0.29) is 32.8 Å². The van der Waals surface area contributed by atoms with E-state index in [4.69, 9.17) is 0 Å². The summed E-state index contributed by atoms with van der Waals surface area (Å²) in [5.74, 6) is -2.21. The highest BCUT2D eigenvalue weighted by Gasteiger charge is 2.38. The molecule has 0 saturated carbocycles. The van der Waals surface area contributed by atoms with Gasteiger partial charge in [0.05, 0.1) is 23.3 Å². The molecule has 1 heterocycles. The first-order chi connectivity index (χ1) is 13.0. The Morgan fingerprint density at radius 1 is 1.18 bits per heavy atom. The normalized spacial score (nSPS) is 12.2. The Labute approximate surface area is 157 Å². The molecule has 0 unspecified atom stereocenters. The van der Waals surface area contributed by atoms with Crippen molar-refractivity contribution in [3.63, 3.8) is 0 Å². The van der Waals surface area contributed by atoms with Crippen LogP contribution in [0.4, 0.5) is 18.9 Å². The maximum Gasteiger partial charge on any atom is 0.468 e. The van der Waals surface area contributed by atoms with Gasteiger partial charge in [0.2, 0.25) is 0 Å². The van der Waals surface area contributed by atoms with Gasteiger partial charge in [0.15, 0.2) is 5.58 Å². The smallest absolute Gasteiger partial charge is 0.465 e. The lowest BCUT2D eigenvalue weighted by Gasteiger charge is -2.12. The van der Waals surface area contributed by atoms with Crippen molar-refractivity contribution in [2.75, 3.05) is 11.8 Å². The number of anilines is 1. The van der Waals surface area contributed by atoms with Crippen molar-refractivity contribution in [3.05, 3.63) is 53.4 Å². The number of nitrogens with zero attached hydrogens (tertiary/aromatic N) is 1. The van der Waals surface area contributed by atoms with E-state index in [1.165, 1.54) is 43.3 Å². The molecule has 0 radical (unpaired) electrons. The molecule has 1 aromatic heterocycles. The van der Waals surface area contributed by atoms with Gasteiger partial charge in [0.25, 0.3) is 10.0 Å². The molecule has 3 aromatic rings. The van der Waals surface area contributed by atoms with E-state index in [0.717, 1.165) is 7.11 Å².